The number of unbranched alkanes of at least 4 members (excludes halogenated alkanes) is 2. The molecule has 1 aromatic carbocycles. The van der Waals surface area contributed by atoms with E-state index in [4.69, 9.17) is 26.8 Å². The second kappa shape index (κ2) is 9.09. The first kappa shape index (κ1) is 17.1. The smallest absolute Gasteiger partial charge is 0.162 e. The van der Waals surface area contributed by atoms with Crippen molar-refractivity contribution in [3.8, 4) is 11.5 Å². The molecule has 1 unspecified atom stereocenters. The highest BCUT2D eigenvalue weighted by molar-refractivity contribution is 6.31. The van der Waals surface area contributed by atoms with Crippen LogP contribution in [0.3, 0.4) is 0 Å². The van der Waals surface area contributed by atoms with Crippen molar-refractivity contribution in [3.63, 3.8) is 0 Å². The zero-order chi connectivity index (χ0) is 15.0. The predicted molar refractivity (Wildman–Crippen MR) is 84.9 cm³/mol. The van der Waals surface area contributed by atoms with Crippen LogP contribution in [0.4, 0.5) is 0 Å². The Morgan fingerprint density at radius 3 is 2.20 bits per heavy atom. The van der Waals surface area contributed by atoms with Crippen LogP contribution in [0.15, 0.2) is 12.1 Å². The quantitative estimate of drug-likeness (QED) is 0.671. The summed E-state index contributed by atoms with van der Waals surface area (Å²) in [6.07, 6.45) is 4.44. The Balaban J connectivity index is 2.92. The van der Waals surface area contributed by atoms with Crippen molar-refractivity contribution in [2.45, 2.75) is 52.5 Å². The molecule has 0 saturated carbocycles. The van der Waals surface area contributed by atoms with Crippen molar-refractivity contribution in [2.24, 2.45) is 5.73 Å². The van der Waals surface area contributed by atoms with Crippen molar-refractivity contribution >= 4 is 11.6 Å². The van der Waals surface area contributed by atoms with Crippen LogP contribution in [0.1, 0.15) is 58.1 Å². The summed E-state index contributed by atoms with van der Waals surface area (Å²) in [5.41, 5.74) is 7.18. The first-order valence-electron chi connectivity index (χ1n) is 7.48. The average molecular weight is 300 g/mol. The molecule has 0 amide bonds. The van der Waals surface area contributed by atoms with Crippen molar-refractivity contribution in [1.29, 1.82) is 0 Å². The minimum atomic E-state index is -0.0519. The molecule has 1 rings (SSSR count). The van der Waals surface area contributed by atoms with E-state index in [0.29, 0.717) is 24.0 Å². The van der Waals surface area contributed by atoms with E-state index in [-0.39, 0.29) is 6.04 Å². The third-order valence-corrected chi connectivity index (χ3v) is 3.51. The van der Waals surface area contributed by atoms with Crippen molar-refractivity contribution in [1.82, 2.24) is 0 Å². The average Bonchev–Trinajstić information content (AvgIpc) is 2.42. The highest BCUT2D eigenvalue weighted by Crippen LogP contribution is 2.36. The third-order valence-electron chi connectivity index (χ3n) is 3.18. The summed E-state index contributed by atoms with van der Waals surface area (Å²) in [5.74, 6) is 1.41. The molecule has 0 spiro atoms. The van der Waals surface area contributed by atoms with Crippen LogP contribution in [-0.4, -0.2) is 13.2 Å². The molecule has 0 aliphatic carbocycles. The van der Waals surface area contributed by atoms with Gasteiger partial charge >= 0.3 is 0 Å². The van der Waals surface area contributed by atoms with Gasteiger partial charge in [-0.1, -0.05) is 37.8 Å². The lowest BCUT2D eigenvalue weighted by Crippen LogP contribution is -2.11. The Labute approximate surface area is 127 Å². The van der Waals surface area contributed by atoms with Gasteiger partial charge in [-0.05, 0) is 31.9 Å². The minimum absolute atomic E-state index is 0.0519. The van der Waals surface area contributed by atoms with E-state index in [2.05, 4.69) is 6.92 Å². The lowest BCUT2D eigenvalue weighted by molar-refractivity contribution is 0.287. The third kappa shape index (κ3) is 4.88. The summed E-state index contributed by atoms with van der Waals surface area (Å²) in [6.45, 7) is 7.24. The standard InChI is InChI=1S/C16H26ClNO2/c1-4-7-8-9-14(18)12-10-15(19-5-2)16(20-6-3)11-13(12)17/h10-11,14H,4-9,18H2,1-3H3. The zero-order valence-electron chi connectivity index (χ0n) is 12.7. The van der Waals surface area contributed by atoms with Gasteiger partial charge in [0.15, 0.2) is 11.5 Å². The Kier molecular flexibility index (Phi) is 7.78. The fourth-order valence-electron chi connectivity index (χ4n) is 2.14. The number of nitrogens with two attached hydrogens (primary N) is 1. The second-order valence-corrected chi connectivity index (χ2v) is 5.20. The molecule has 20 heavy (non-hydrogen) atoms. The molecule has 0 radical (unpaired) electrons. The normalized spacial score (nSPS) is 12.2. The molecule has 0 aromatic heterocycles. The van der Waals surface area contributed by atoms with Crippen molar-refractivity contribution in [3.05, 3.63) is 22.7 Å². The van der Waals surface area contributed by atoms with E-state index >= 15 is 0 Å². The molecule has 0 heterocycles. The summed E-state index contributed by atoms with van der Waals surface area (Å²) < 4.78 is 11.2. The molecule has 114 valence electrons. The Hall–Kier alpha value is -0.930. The molecule has 3 nitrogen and oxygen atoms in total. The Morgan fingerprint density at radius 2 is 1.65 bits per heavy atom. The summed E-state index contributed by atoms with van der Waals surface area (Å²) in [6, 6.07) is 3.68. The van der Waals surface area contributed by atoms with Gasteiger partial charge < -0.3 is 15.2 Å². The molecular formula is C16H26ClNO2. The lowest BCUT2D eigenvalue weighted by atomic mass is 10.0. The maximum Gasteiger partial charge on any atom is 0.162 e. The number of hydrogen-bond acceptors (Lipinski definition) is 3. The monoisotopic (exact) mass is 299 g/mol. The maximum atomic E-state index is 6.33. The van der Waals surface area contributed by atoms with Gasteiger partial charge in [0.2, 0.25) is 0 Å². The highest BCUT2D eigenvalue weighted by Gasteiger charge is 2.15. The fraction of sp³-hybridized carbons (Fsp3) is 0.625. The van der Waals surface area contributed by atoms with Crippen LogP contribution in [0.25, 0.3) is 0 Å². The number of ether oxygens (including phenoxy) is 2. The number of halogens is 1. The van der Waals surface area contributed by atoms with Crippen LogP contribution in [0.5, 0.6) is 11.5 Å². The molecule has 1 atom stereocenters. The van der Waals surface area contributed by atoms with Gasteiger partial charge in [-0.3, -0.25) is 0 Å². The fourth-order valence-corrected chi connectivity index (χ4v) is 2.44. The summed E-state index contributed by atoms with van der Waals surface area (Å²) in [5, 5.41) is 0.654. The molecule has 0 bridgehead atoms. The van der Waals surface area contributed by atoms with E-state index < -0.39 is 0 Å². The van der Waals surface area contributed by atoms with Crippen LogP contribution < -0.4 is 15.2 Å². The maximum absolute atomic E-state index is 6.33. The van der Waals surface area contributed by atoms with Gasteiger partial charge in [-0.25, -0.2) is 0 Å². The Bertz CT molecular complexity index is 410. The van der Waals surface area contributed by atoms with Crippen molar-refractivity contribution in [2.75, 3.05) is 13.2 Å². The zero-order valence-corrected chi connectivity index (χ0v) is 13.5. The summed E-state index contributed by atoms with van der Waals surface area (Å²) in [4.78, 5) is 0. The number of benzene rings is 1. The van der Waals surface area contributed by atoms with Crippen LogP contribution in [0.2, 0.25) is 5.02 Å². The van der Waals surface area contributed by atoms with Crippen LogP contribution >= 0.6 is 11.6 Å². The summed E-state index contributed by atoms with van der Waals surface area (Å²) >= 11 is 6.33. The first-order valence-corrected chi connectivity index (χ1v) is 7.86. The van der Waals surface area contributed by atoms with Crippen LogP contribution in [-0.2, 0) is 0 Å². The van der Waals surface area contributed by atoms with Crippen LogP contribution in [0, 0.1) is 0 Å². The van der Waals surface area contributed by atoms with Gasteiger partial charge in [0.1, 0.15) is 0 Å². The number of rotatable bonds is 9. The van der Waals surface area contributed by atoms with Gasteiger partial charge in [-0.2, -0.15) is 0 Å². The van der Waals surface area contributed by atoms with Gasteiger partial charge in [0.25, 0.3) is 0 Å². The molecular weight excluding hydrogens is 274 g/mol. The van der Waals surface area contributed by atoms with Crippen molar-refractivity contribution < 1.29 is 9.47 Å². The van der Waals surface area contributed by atoms with E-state index in [1.165, 1.54) is 12.8 Å². The molecule has 0 saturated heterocycles. The van der Waals surface area contributed by atoms with E-state index in [1.807, 2.05) is 26.0 Å². The van der Waals surface area contributed by atoms with Gasteiger partial charge in [0.05, 0.1) is 13.2 Å². The molecule has 1 aromatic rings. The Morgan fingerprint density at radius 1 is 1.05 bits per heavy atom. The molecule has 0 aliphatic rings. The largest absolute Gasteiger partial charge is 0.490 e. The van der Waals surface area contributed by atoms with E-state index in [9.17, 15) is 0 Å². The number of hydrogen-bond donors (Lipinski definition) is 1. The SMILES string of the molecule is CCCCCC(N)c1cc(OCC)c(OCC)cc1Cl. The molecule has 4 heteroatoms. The first-order chi connectivity index (χ1) is 9.63. The molecule has 2 N–H and O–H groups in total. The highest BCUT2D eigenvalue weighted by atomic mass is 35.5. The second-order valence-electron chi connectivity index (χ2n) is 4.79. The molecule has 0 aliphatic heterocycles. The topological polar surface area (TPSA) is 44.5 Å². The molecule has 0 fully saturated rings. The van der Waals surface area contributed by atoms with Gasteiger partial charge in [0, 0.05) is 17.1 Å². The lowest BCUT2D eigenvalue weighted by Gasteiger charge is -2.18. The summed E-state index contributed by atoms with van der Waals surface area (Å²) in [7, 11) is 0. The van der Waals surface area contributed by atoms with E-state index in [1.54, 1.807) is 0 Å². The van der Waals surface area contributed by atoms with Gasteiger partial charge in [-0.15, -0.1) is 0 Å². The van der Waals surface area contributed by atoms with E-state index in [0.717, 1.165) is 24.2 Å². The minimum Gasteiger partial charge on any atom is -0.490 e. The predicted octanol–water partition coefficient (Wildman–Crippen LogP) is 4.72.